The second-order valence-corrected chi connectivity index (χ2v) is 7.96. The summed E-state index contributed by atoms with van der Waals surface area (Å²) < 4.78 is 14.2. The fourth-order valence-electron chi connectivity index (χ4n) is 3.04. The van der Waals surface area contributed by atoms with Crippen molar-refractivity contribution >= 4 is 35.0 Å². The molecule has 1 atom stereocenters. The van der Waals surface area contributed by atoms with Crippen molar-refractivity contribution in [3.8, 4) is 0 Å². The Balaban J connectivity index is 2.34. The summed E-state index contributed by atoms with van der Waals surface area (Å²) in [5, 5.41) is 3.62. The molecule has 0 aromatic heterocycles. The molecule has 0 saturated carbocycles. The normalized spacial score (nSPS) is 12.0. The van der Waals surface area contributed by atoms with Crippen molar-refractivity contribution in [2.75, 3.05) is 0 Å². The molecule has 0 saturated heterocycles. The Morgan fingerprint density at radius 2 is 1.76 bits per heavy atom. The molecule has 0 aliphatic carbocycles. The van der Waals surface area contributed by atoms with Crippen LogP contribution in [0.25, 0.3) is 0 Å². The maximum Gasteiger partial charge on any atom is 0.243 e. The minimum absolute atomic E-state index is 0.0648. The minimum Gasteiger partial charge on any atom is -0.352 e. The lowest BCUT2D eigenvalue weighted by Crippen LogP contribution is -2.50. The number of rotatable bonds is 8. The number of nitrogens with one attached hydrogen (secondary N) is 1. The fourth-order valence-corrected chi connectivity index (χ4v) is 3.40. The molecule has 0 aliphatic heterocycles. The number of benzene rings is 2. The summed E-state index contributed by atoms with van der Waals surface area (Å²) in [7, 11) is 0. The lowest BCUT2D eigenvalue weighted by Gasteiger charge is -2.31. The third kappa shape index (κ3) is 6.44. The van der Waals surface area contributed by atoms with E-state index in [2.05, 4.69) is 5.32 Å². The number of amides is 2. The maximum absolute atomic E-state index is 14.2. The van der Waals surface area contributed by atoms with E-state index in [9.17, 15) is 14.0 Å². The van der Waals surface area contributed by atoms with Gasteiger partial charge in [-0.3, -0.25) is 9.59 Å². The Bertz CT molecular complexity index is 836. The third-order valence-electron chi connectivity index (χ3n) is 4.47. The predicted octanol–water partition coefficient (Wildman–Crippen LogP) is 5.01. The van der Waals surface area contributed by atoms with E-state index >= 15 is 0 Å². The van der Waals surface area contributed by atoms with Crippen LogP contribution in [0.2, 0.25) is 10.0 Å². The van der Waals surface area contributed by atoms with Crippen molar-refractivity contribution in [2.24, 2.45) is 0 Å². The minimum atomic E-state index is -0.689. The third-order valence-corrected chi connectivity index (χ3v) is 5.08. The van der Waals surface area contributed by atoms with E-state index in [1.165, 1.54) is 17.0 Å². The molecule has 4 nitrogen and oxygen atoms in total. The van der Waals surface area contributed by atoms with E-state index in [0.29, 0.717) is 11.4 Å². The Hall–Kier alpha value is -2.11. The molecule has 7 heteroatoms. The molecule has 2 aromatic carbocycles. The summed E-state index contributed by atoms with van der Waals surface area (Å²) in [4.78, 5) is 27.4. The van der Waals surface area contributed by atoms with Crippen molar-refractivity contribution in [1.29, 1.82) is 0 Å². The number of halogens is 3. The van der Waals surface area contributed by atoms with Crippen LogP contribution in [0.3, 0.4) is 0 Å². The van der Waals surface area contributed by atoms with Crippen molar-refractivity contribution < 1.29 is 14.0 Å². The van der Waals surface area contributed by atoms with Crippen LogP contribution >= 0.6 is 23.2 Å². The average molecular weight is 439 g/mol. The van der Waals surface area contributed by atoms with Gasteiger partial charge in [0.1, 0.15) is 11.9 Å². The fraction of sp³-hybridized carbons (Fsp3) is 0.364. The summed E-state index contributed by atoms with van der Waals surface area (Å²) in [6.45, 7) is 5.75. The Kier molecular flexibility index (Phi) is 8.47. The Labute approximate surface area is 181 Å². The monoisotopic (exact) mass is 438 g/mol. The molecule has 0 spiro atoms. The predicted molar refractivity (Wildman–Crippen MR) is 114 cm³/mol. The van der Waals surface area contributed by atoms with E-state index in [0.717, 1.165) is 5.56 Å². The van der Waals surface area contributed by atoms with Crippen molar-refractivity contribution in [3.63, 3.8) is 0 Å². The first-order chi connectivity index (χ1) is 13.7. The number of hydrogen-bond acceptors (Lipinski definition) is 2. The molecule has 1 unspecified atom stereocenters. The van der Waals surface area contributed by atoms with E-state index < -0.39 is 11.9 Å². The van der Waals surface area contributed by atoms with Crippen molar-refractivity contribution in [2.45, 2.75) is 52.2 Å². The Morgan fingerprint density at radius 3 is 2.31 bits per heavy atom. The SMILES string of the molecule is CCC(C(=O)NC(C)C)N(Cc1ccc(Cl)cc1)C(=O)Cc1c(F)cccc1Cl. The first-order valence-corrected chi connectivity index (χ1v) is 10.3. The summed E-state index contributed by atoms with van der Waals surface area (Å²) in [5.41, 5.74) is 0.942. The molecule has 1 N–H and O–H groups in total. The van der Waals surface area contributed by atoms with Crippen LogP contribution in [0.5, 0.6) is 0 Å². The van der Waals surface area contributed by atoms with Gasteiger partial charge in [0.25, 0.3) is 0 Å². The van der Waals surface area contributed by atoms with Crippen LogP contribution < -0.4 is 5.32 Å². The summed E-state index contributed by atoms with van der Waals surface area (Å²) >= 11 is 12.0. The molecular weight excluding hydrogens is 414 g/mol. The summed E-state index contributed by atoms with van der Waals surface area (Å²) in [5.74, 6) is -1.17. The molecule has 2 rings (SSSR count). The highest BCUT2D eigenvalue weighted by molar-refractivity contribution is 6.31. The first-order valence-electron chi connectivity index (χ1n) is 9.50. The zero-order chi connectivity index (χ0) is 21.6. The molecule has 0 bridgehead atoms. The van der Waals surface area contributed by atoms with Crippen LogP contribution in [0, 0.1) is 5.82 Å². The van der Waals surface area contributed by atoms with Gasteiger partial charge in [-0.1, -0.05) is 48.3 Å². The summed E-state index contributed by atoms with van der Waals surface area (Å²) in [6, 6.07) is 10.6. The molecule has 0 fully saturated rings. The van der Waals surface area contributed by atoms with Gasteiger partial charge in [0.15, 0.2) is 0 Å². The standard InChI is InChI=1S/C22H25Cl2FN2O2/c1-4-20(22(29)26-14(2)3)27(13-15-8-10-16(23)11-9-15)21(28)12-17-18(24)6-5-7-19(17)25/h5-11,14,20H,4,12-13H2,1-3H3,(H,26,29). The second-order valence-electron chi connectivity index (χ2n) is 7.11. The van der Waals surface area contributed by atoms with Crippen LogP contribution in [-0.4, -0.2) is 28.8 Å². The van der Waals surface area contributed by atoms with E-state index in [1.54, 1.807) is 30.3 Å². The zero-order valence-electron chi connectivity index (χ0n) is 16.7. The van der Waals surface area contributed by atoms with Crippen LogP contribution in [-0.2, 0) is 22.6 Å². The van der Waals surface area contributed by atoms with Gasteiger partial charge in [-0.25, -0.2) is 4.39 Å². The average Bonchev–Trinajstić information content (AvgIpc) is 2.65. The molecular formula is C22H25Cl2FN2O2. The van der Waals surface area contributed by atoms with Gasteiger partial charge in [0.05, 0.1) is 6.42 Å². The zero-order valence-corrected chi connectivity index (χ0v) is 18.2. The Morgan fingerprint density at radius 1 is 1.10 bits per heavy atom. The van der Waals surface area contributed by atoms with E-state index in [-0.39, 0.29) is 41.4 Å². The molecule has 0 radical (unpaired) electrons. The van der Waals surface area contributed by atoms with Gasteiger partial charge < -0.3 is 10.2 Å². The molecule has 2 aromatic rings. The number of nitrogens with zero attached hydrogens (tertiary/aromatic N) is 1. The second kappa shape index (κ2) is 10.6. The van der Waals surface area contributed by atoms with Gasteiger partial charge in [-0.2, -0.15) is 0 Å². The van der Waals surface area contributed by atoms with E-state index in [1.807, 2.05) is 20.8 Å². The van der Waals surface area contributed by atoms with Gasteiger partial charge >= 0.3 is 0 Å². The van der Waals surface area contributed by atoms with Gasteiger partial charge in [0, 0.05) is 28.2 Å². The number of hydrogen-bond donors (Lipinski definition) is 1. The van der Waals surface area contributed by atoms with Crippen molar-refractivity contribution in [3.05, 3.63) is 69.5 Å². The lowest BCUT2D eigenvalue weighted by atomic mass is 10.1. The van der Waals surface area contributed by atoms with E-state index in [4.69, 9.17) is 23.2 Å². The van der Waals surface area contributed by atoms with Gasteiger partial charge in [-0.15, -0.1) is 0 Å². The van der Waals surface area contributed by atoms with Crippen molar-refractivity contribution in [1.82, 2.24) is 10.2 Å². The molecule has 0 heterocycles. The molecule has 156 valence electrons. The quantitative estimate of drug-likeness (QED) is 0.629. The maximum atomic E-state index is 14.2. The van der Waals surface area contributed by atoms with Gasteiger partial charge in [0.2, 0.25) is 11.8 Å². The smallest absolute Gasteiger partial charge is 0.243 e. The summed E-state index contributed by atoms with van der Waals surface area (Å²) in [6.07, 6.45) is 0.188. The number of carbonyl (C=O) groups is 2. The molecule has 29 heavy (non-hydrogen) atoms. The molecule has 0 aliphatic rings. The lowest BCUT2D eigenvalue weighted by molar-refractivity contribution is -0.141. The van der Waals surface area contributed by atoms with Crippen LogP contribution in [0.1, 0.15) is 38.3 Å². The largest absolute Gasteiger partial charge is 0.352 e. The van der Waals surface area contributed by atoms with Crippen LogP contribution in [0.15, 0.2) is 42.5 Å². The molecule has 2 amide bonds. The first kappa shape index (κ1) is 23.2. The van der Waals surface area contributed by atoms with Gasteiger partial charge in [-0.05, 0) is 50.1 Å². The number of carbonyl (C=O) groups excluding carboxylic acids is 2. The topological polar surface area (TPSA) is 49.4 Å². The highest BCUT2D eigenvalue weighted by atomic mass is 35.5. The highest BCUT2D eigenvalue weighted by Gasteiger charge is 2.29. The highest BCUT2D eigenvalue weighted by Crippen LogP contribution is 2.22. The van der Waals surface area contributed by atoms with Crippen LogP contribution in [0.4, 0.5) is 4.39 Å².